The van der Waals surface area contributed by atoms with Gasteiger partial charge in [0.2, 0.25) is 0 Å². The Bertz CT molecular complexity index is 360. The summed E-state index contributed by atoms with van der Waals surface area (Å²) < 4.78 is 0. The van der Waals surface area contributed by atoms with Crippen LogP contribution in [0.4, 0.5) is 0 Å². The summed E-state index contributed by atoms with van der Waals surface area (Å²) in [6, 6.07) is 6.81. The van der Waals surface area contributed by atoms with E-state index in [1.54, 1.807) is 0 Å². The summed E-state index contributed by atoms with van der Waals surface area (Å²) in [7, 11) is 0. The summed E-state index contributed by atoms with van der Waals surface area (Å²) in [5, 5.41) is 3.74. The van der Waals surface area contributed by atoms with E-state index in [1.807, 2.05) is 0 Å². The fourth-order valence-electron chi connectivity index (χ4n) is 2.79. The molecule has 1 saturated heterocycles. The van der Waals surface area contributed by atoms with Crippen molar-refractivity contribution in [2.24, 2.45) is 0 Å². The maximum atomic E-state index is 3.74. The third kappa shape index (κ3) is 2.30. The maximum absolute atomic E-state index is 3.74. The third-order valence-electron chi connectivity index (χ3n) is 3.86. The molecule has 1 aliphatic heterocycles. The molecular formula is C15H23N. The van der Waals surface area contributed by atoms with E-state index in [9.17, 15) is 0 Å². The van der Waals surface area contributed by atoms with Gasteiger partial charge in [-0.05, 0) is 51.3 Å². The van der Waals surface area contributed by atoms with Crippen LogP contribution in [0.5, 0.6) is 0 Å². The Morgan fingerprint density at radius 3 is 2.75 bits per heavy atom. The number of rotatable bonds is 1. The summed E-state index contributed by atoms with van der Waals surface area (Å²) >= 11 is 0. The quantitative estimate of drug-likeness (QED) is 0.756. The molecule has 0 radical (unpaired) electrons. The molecule has 1 atom stereocenters. The molecule has 2 rings (SSSR count). The largest absolute Gasteiger partial charge is 0.308 e. The first kappa shape index (κ1) is 11.7. The van der Waals surface area contributed by atoms with Gasteiger partial charge in [-0.3, -0.25) is 0 Å². The number of hydrogen-bond donors (Lipinski definition) is 1. The van der Waals surface area contributed by atoms with Gasteiger partial charge in [0, 0.05) is 5.54 Å². The third-order valence-corrected chi connectivity index (χ3v) is 3.86. The number of aryl methyl sites for hydroxylation is 2. The van der Waals surface area contributed by atoms with Crippen LogP contribution >= 0.6 is 0 Å². The van der Waals surface area contributed by atoms with Crippen molar-refractivity contribution in [3.63, 3.8) is 0 Å². The van der Waals surface area contributed by atoms with Gasteiger partial charge >= 0.3 is 0 Å². The highest BCUT2D eigenvalue weighted by atomic mass is 15.0. The summed E-state index contributed by atoms with van der Waals surface area (Å²) in [6.07, 6.45) is 5.29. The number of nitrogens with one attached hydrogen (secondary N) is 1. The number of hydrogen-bond acceptors (Lipinski definition) is 1. The zero-order valence-electron chi connectivity index (χ0n) is 10.8. The van der Waals surface area contributed by atoms with Crippen molar-refractivity contribution in [1.82, 2.24) is 5.32 Å². The van der Waals surface area contributed by atoms with Crippen LogP contribution in [-0.2, 0) is 5.54 Å². The lowest BCUT2D eigenvalue weighted by Gasteiger charge is -2.32. The summed E-state index contributed by atoms with van der Waals surface area (Å²) in [5.41, 5.74) is 4.47. The minimum Gasteiger partial charge on any atom is -0.308 e. The topological polar surface area (TPSA) is 12.0 Å². The zero-order valence-corrected chi connectivity index (χ0v) is 10.8. The Hall–Kier alpha value is -0.820. The lowest BCUT2D eigenvalue weighted by Crippen LogP contribution is -2.39. The first-order valence-electron chi connectivity index (χ1n) is 6.45. The van der Waals surface area contributed by atoms with Gasteiger partial charge in [-0.1, -0.05) is 36.6 Å². The molecular weight excluding hydrogens is 194 g/mol. The minimum atomic E-state index is 0.187. The Kier molecular flexibility index (Phi) is 3.34. The summed E-state index contributed by atoms with van der Waals surface area (Å²) in [5.74, 6) is 0. The van der Waals surface area contributed by atoms with Crippen molar-refractivity contribution in [3.05, 3.63) is 34.9 Å². The molecule has 1 fully saturated rings. The molecule has 1 aromatic carbocycles. The average Bonchev–Trinajstić information content (AvgIpc) is 2.48. The molecule has 0 aromatic heterocycles. The monoisotopic (exact) mass is 217 g/mol. The van der Waals surface area contributed by atoms with E-state index in [-0.39, 0.29) is 5.54 Å². The highest BCUT2D eigenvalue weighted by Crippen LogP contribution is 2.31. The molecule has 1 nitrogen and oxygen atoms in total. The van der Waals surface area contributed by atoms with E-state index in [0.29, 0.717) is 0 Å². The van der Waals surface area contributed by atoms with Gasteiger partial charge in [0.05, 0.1) is 0 Å². The first-order valence-corrected chi connectivity index (χ1v) is 6.45. The van der Waals surface area contributed by atoms with Gasteiger partial charge in [0.15, 0.2) is 0 Å². The highest BCUT2D eigenvalue weighted by Gasteiger charge is 2.28. The first-order chi connectivity index (χ1) is 7.62. The minimum absolute atomic E-state index is 0.187. The highest BCUT2D eigenvalue weighted by molar-refractivity contribution is 5.36. The summed E-state index contributed by atoms with van der Waals surface area (Å²) in [4.78, 5) is 0. The van der Waals surface area contributed by atoms with Crippen molar-refractivity contribution in [1.29, 1.82) is 0 Å². The molecule has 88 valence electrons. The molecule has 0 bridgehead atoms. The van der Waals surface area contributed by atoms with Crippen molar-refractivity contribution in [3.8, 4) is 0 Å². The normalized spacial score (nSPS) is 26.4. The summed E-state index contributed by atoms with van der Waals surface area (Å²) in [6.45, 7) is 7.93. The van der Waals surface area contributed by atoms with Crippen LogP contribution in [0.2, 0.25) is 0 Å². The SMILES string of the molecule is Cc1ccc(C)c(C2(C)CCCCCN2)c1. The van der Waals surface area contributed by atoms with E-state index in [0.717, 1.165) is 6.54 Å². The predicted molar refractivity (Wildman–Crippen MR) is 69.7 cm³/mol. The smallest absolute Gasteiger partial charge is 0.0408 e. The molecule has 0 aliphatic carbocycles. The molecule has 1 aromatic rings. The number of benzene rings is 1. The fraction of sp³-hybridized carbons (Fsp3) is 0.600. The van der Waals surface area contributed by atoms with Gasteiger partial charge in [-0.15, -0.1) is 0 Å². The second-order valence-electron chi connectivity index (χ2n) is 5.39. The van der Waals surface area contributed by atoms with Crippen molar-refractivity contribution in [2.75, 3.05) is 6.54 Å². The molecule has 16 heavy (non-hydrogen) atoms. The Balaban J connectivity index is 2.36. The Morgan fingerprint density at radius 1 is 1.12 bits per heavy atom. The van der Waals surface area contributed by atoms with Crippen LogP contribution in [0, 0.1) is 13.8 Å². The van der Waals surface area contributed by atoms with E-state index < -0.39 is 0 Å². The standard InChI is InChI=1S/C15H23N/c1-12-7-8-13(2)14(11-12)15(3)9-5-4-6-10-16-15/h7-8,11,16H,4-6,9-10H2,1-3H3. The second-order valence-corrected chi connectivity index (χ2v) is 5.39. The predicted octanol–water partition coefficient (Wildman–Crippen LogP) is 3.68. The van der Waals surface area contributed by atoms with Gasteiger partial charge in [0.1, 0.15) is 0 Å². The van der Waals surface area contributed by atoms with Gasteiger partial charge in [-0.2, -0.15) is 0 Å². The second kappa shape index (κ2) is 4.58. The van der Waals surface area contributed by atoms with Crippen molar-refractivity contribution < 1.29 is 0 Å². The van der Waals surface area contributed by atoms with Gasteiger partial charge < -0.3 is 5.32 Å². The molecule has 1 aliphatic rings. The molecule has 1 N–H and O–H groups in total. The maximum Gasteiger partial charge on any atom is 0.0408 e. The lowest BCUT2D eigenvalue weighted by atomic mass is 9.84. The van der Waals surface area contributed by atoms with Crippen LogP contribution in [0.15, 0.2) is 18.2 Å². The van der Waals surface area contributed by atoms with Crippen LogP contribution < -0.4 is 5.32 Å². The van der Waals surface area contributed by atoms with Crippen LogP contribution in [0.25, 0.3) is 0 Å². The van der Waals surface area contributed by atoms with E-state index in [4.69, 9.17) is 0 Å². The van der Waals surface area contributed by atoms with Crippen molar-refractivity contribution in [2.45, 2.75) is 52.0 Å². The fourth-order valence-corrected chi connectivity index (χ4v) is 2.79. The molecule has 0 spiro atoms. The van der Waals surface area contributed by atoms with Crippen LogP contribution in [0.3, 0.4) is 0 Å². The lowest BCUT2D eigenvalue weighted by molar-refractivity contribution is 0.358. The van der Waals surface area contributed by atoms with Gasteiger partial charge in [-0.25, -0.2) is 0 Å². The molecule has 0 amide bonds. The molecule has 0 saturated carbocycles. The van der Waals surface area contributed by atoms with E-state index >= 15 is 0 Å². The van der Waals surface area contributed by atoms with Crippen molar-refractivity contribution >= 4 is 0 Å². The van der Waals surface area contributed by atoms with E-state index in [2.05, 4.69) is 44.3 Å². The van der Waals surface area contributed by atoms with Gasteiger partial charge in [0.25, 0.3) is 0 Å². The Morgan fingerprint density at radius 2 is 1.94 bits per heavy atom. The molecule has 1 unspecified atom stereocenters. The zero-order chi connectivity index (χ0) is 11.6. The van der Waals surface area contributed by atoms with E-state index in [1.165, 1.54) is 42.4 Å². The molecule has 1 heterocycles. The van der Waals surface area contributed by atoms with Crippen LogP contribution in [-0.4, -0.2) is 6.54 Å². The van der Waals surface area contributed by atoms with Crippen LogP contribution in [0.1, 0.15) is 49.3 Å². The Labute approximate surface area is 99.3 Å². The average molecular weight is 217 g/mol. The molecule has 1 heteroatoms.